The molecule has 0 saturated heterocycles. The second-order valence-corrected chi connectivity index (χ2v) is 4.21. The van der Waals surface area contributed by atoms with Gasteiger partial charge in [-0.1, -0.05) is 6.42 Å². The zero-order valence-corrected chi connectivity index (χ0v) is 8.64. The largest absolute Gasteiger partial charge is 0.319 e. The van der Waals surface area contributed by atoms with E-state index in [-0.39, 0.29) is 0 Å². The fourth-order valence-electron chi connectivity index (χ4n) is 2.21. The highest BCUT2D eigenvalue weighted by Crippen LogP contribution is 2.25. The summed E-state index contributed by atoms with van der Waals surface area (Å²) in [6.45, 7) is 1.20. The minimum atomic E-state index is 0.831. The fraction of sp³-hybridized carbons (Fsp3) is 1.00. The van der Waals surface area contributed by atoms with Crippen LogP contribution in [-0.4, -0.2) is 38.6 Å². The molecule has 0 aromatic rings. The van der Waals surface area contributed by atoms with Crippen molar-refractivity contribution in [3.05, 3.63) is 0 Å². The molecule has 1 saturated carbocycles. The van der Waals surface area contributed by atoms with Gasteiger partial charge in [0, 0.05) is 6.04 Å². The van der Waals surface area contributed by atoms with Crippen molar-refractivity contribution < 1.29 is 0 Å². The van der Waals surface area contributed by atoms with Crippen LogP contribution >= 0.6 is 0 Å². The van der Waals surface area contributed by atoms with Crippen LogP contribution in [0.4, 0.5) is 0 Å². The monoisotopic (exact) mass is 170 g/mol. The van der Waals surface area contributed by atoms with Gasteiger partial charge < -0.3 is 10.2 Å². The van der Waals surface area contributed by atoms with E-state index in [1.54, 1.807) is 0 Å². The predicted octanol–water partition coefficient (Wildman–Crippen LogP) is 1.33. The van der Waals surface area contributed by atoms with Crippen molar-refractivity contribution in [2.24, 2.45) is 5.92 Å². The Labute approximate surface area is 76.3 Å². The van der Waals surface area contributed by atoms with Crippen LogP contribution in [-0.2, 0) is 0 Å². The molecule has 0 amide bonds. The molecule has 0 aromatic carbocycles. The first-order chi connectivity index (χ1) is 5.74. The summed E-state index contributed by atoms with van der Waals surface area (Å²) in [5, 5.41) is 3.28. The summed E-state index contributed by atoms with van der Waals surface area (Å²) in [7, 11) is 6.46. The molecular formula is C10H22N2. The Morgan fingerprint density at radius 3 is 2.67 bits per heavy atom. The average molecular weight is 170 g/mol. The molecule has 0 radical (unpaired) electrons. The van der Waals surface area contributed by atoms with Crippen LogP contribution in [0.15, 0.2) is 0 Å². The lowest BCUT2D eigenvalue weighted by Crippen LogP contribution is -2.35. The highest BCUT2D eigenvalue weighted by molar-refractivity contribution is 4.78. The molecule has 0 bridgehead atoms. The zero-order valence-electron chi connectivity index (χ0n) is 8.64. The predicted molar refractivity (Wildman–Crippen MR) is 53.4 cm³/mol. The van der Waals surface area contributed by atoms with Crippen molar-refractivity contribution >= 4 is 0 Å². The van der Waals surface area contributed by atoms with E-state index in [0.29, 0.717) is 0 Å². The molecule has 72 valence electrons. The van der Waals surface area contributed by atoms with Crippen molar-refractivity contribution in [1.82, 2.24) is 10.2 Å². The smallest absolute Gasteiger partial charge is 0.00922 e. The Hall–Kier alpha value is -0.0800. The molecule has 1 aliphatic rings. The molecule has 2 atom stereocenters. The first kappa shape index (κ1) is 10.0. The van der Waals surface area contributed by atoms with Gasteiger partial charge in [-0.05, 0) is 52.9 Å². The SMILES string of the molecule is CNCC1CCCC(N(C)C)C1. The second kappa shape index (κ2) is 4.83. The van der Waals surface area contributed by atoms with Gasteiger partial charge in [-0.25, -0.2) is 0 Å². The Morgan fingerprint density at radius 2 is 2.08 bits per heavy atom. The van der Waals surface area contributed by atoms with Gasteiger partial charge in [0.05, 0.1) is 0 Å². The second-order valence-electron chi connectivity index (χ2n) is 4.21. The van der Waals surface area contributed by atoms with Crippen LogP contribution in [0.3, 0.4) is 0 Å². The highest BCUT2D eigenvalue weighted by atomic mass is 15.1. The average Bonchev–Trinajstić information content (AvgIpc) is 2.05. The van der Waals surface area contributed by atoms with E-state index in [2.05, 4.69) is 31.4 Å². The van der Waals surface area contributed by atoms with Gasteiger partial charge in [-0.2, -0.15) is 0 Å². The van der Waals surface area contributed by atoms with Crippen LogP contribution in [0, 0.1) is 5.92 Å². The summed E-state index contributed by atoms with van der Waals surface area (Å²) in [5.74, 6) is 0.913. The van der Waals surface area contributed by atoms with Crippen LogP contribution in [0.1, 0.15) is 25.7 Å². The summed E-state index contributed by atoms with van der Waals surface area (Å²) in [5.41, 5.74) is 0. The van der Waals surface area contributed by atoms with Crippen molar-refractivity contribution in [3.63, 3.8) is 0 Å². The van der Waals surface area contributed by atoms with E-state index in [1.807, 2.05) is 0 Å². The first-order valence-corrected chi connectivity index (χ1v) is 5.05. The minimum absolute atomic E-state index is 0.831. The van der Waals surface area contributed by atoms with E-state index in [0.717, 1.165) is 12.0 Å². The van der Waals surface area contributed by atoms with Gasteiger partial charge in [0.2, 0.25) is 0 Å². The summed E-state index contributed by atoms with van der Waals surface area (Å²) in [6.07, 6.45) is 5.61. The molecule has 2 heteroatoms. The minimum Gasteiger partial charge on any atom is -0.319 e. The van der Waals surface area contributed by atoms with Gasteiger partial charge >= 0.3 is 0 Å². The van der Waals surface area contributed by atoms with Gasteiger partial charge in [0.1, 0.15) is 0 Å². The van der Waals surface area contributed by atoms with E-state index in [9.17, 15) is 0 Å². The molecule has 0 spiro atoms. The summed E-state index contributed by atoms with van der Waals surface area (Å²) in [6, 6.07) is 0.831. The van der Waals surface area contributed by atoms with Crippen molar-refractivity contribution in [2.45, 2.75) is 31.7 Å². The van der Waals surface area contributed by atoms with Crippen LogP contribution < -0.4 is 5.32 Å². The summed E-state index contributed by atoms with van der Waals surface area (Å²) < 4.78 is 0. The summed E-state index contributed by atoms with van der Waals surface area (Å²) in [4.78, 5) is 2.38. The maximum Gasteiger partial charge on any atom is 0.00922 e. The lowest BCUT2D eigenvalue weighted by Gasteiger charge is -2.33. The number of hydrogen-bond acceptors (Lipinski definition) is 2. The standard InChI is InChI=1S/C10H22N2/c1-11-8-9-5-4-6-10(7-9)12(2)3/h9-11H,4-8H2,1-3H3. The van der Waals surface area contributed by atoms with Crippen molar-refractivity contribution in [1.29, 1.82) is 0 Å². The molecule has 1 aliphatic carbocycles. The van der Waals surface area contributed by atoms with Gasteiger partial charge in [0.25, 0.3) is 0 Å². The molecule has 1 rings (SSSR count). The lowest BCUT2D eigenvalue weighted by molar-refractivity contribution is 0.185. The highest BCUT2D eigenvalue weighted by Gasteiger charge is 2.22. The van der Waals surface area contributed by atoms with Crippen LogP contribution in [0.25, 0.3) is 0 Å². The van der Waals surface area contributed by atoms with Gasteiger partial charge in [-0.15, -0.1) is 0 Å². The third-order valence-electron chi connectivity index (χ3n) is 2.98. The Kier molecular flexibility index (Phi) is 4.02. The van der Waals surface area contributed by atoms with Crippen molar-refractivity contribution in [2.75, 3.05) is 27.7 Å². The number of hydrogen-bond donors (Lipinski definition) is 1. The van der Waals surface area contributed by atoms with Gasteiger partial charge in [0.15, 0.2) is 0 Å². The first-order valence-electron chi connectivity index (χ1n) is 5.05. The summed E-state index contributed by atoms with van der Waals surface area (Å²) >= 11 is 0. The normalized spacial score (nSPS) is 31.0. The Bertz CT molecular complexity index is 121. The molecule has 2 unspecified atom stereocenters. The molecular weight excluding hydrogens is 148 g/mol. The topological polar surface area (TPSA) is 15.3 Å². The van der Waals surface area contributed by atoms with Crippen molar-refractivity contribution in [3.8, 4) is 0 Å². The quantitative estimate of drug-likeness (QED) is 0.687. The molecule has 0 aromatic heterocycles. The molecule has 2 nitrogen and oxygen atoms in total. The third-order valence-corrected chi connectivity index (χ3v) is 2.98. The molecule has 1 fully saturated rings. The van der Waals surface area contributed by atoms with E-state index in [1.165, 1.54) is 32.2 Å². The fourth-order valence-corrected chi connectivity index (χ4v) is 2.21. The van der Waals surface area contributed by atoms with E-state index >= 15 is 0 Å². The molecule has 0 heterocycles. The van der Waals surface area contributed by atoms with Crippen LogP contribution in [0.5, 0.6) is 0 Å². The third kappa shape index (κ3) is 2.76. The van der Waals surface area contributed by atoms with Gasteiger partial charge in [-0.3, -0.25) is 0 Å². The maximum absolute atomic E-state index is 3.28. The molecule has 1 N–H and O–H groups in total. The maximum atomic E-state index is 3.28. The van der Waals surface area contributed by atoms with E-state index in [4.69, 9.17) is 0 Å². The Morgan fingerprint density at radius 1 is 1.33 bits per heavy atom. The Balaban J connectivity index is 2.30. The number of nitrogens with zero attached hydrogens (tertiary/aromatic N) is 1. The van der Waals surface area contributed by atoms with Crippen LogP contribution in [0.2, 0.25) is 0 Å². The molecule has 12 heavy (non-hydrogen) atoms. The molecule has 0 aliphatic heterocycles. The number of nitrogens with one attached hydrogen (secondary N) is 1. The lowest BCUT2D eigenvalue weighted by atomic mass is 9.85. The van der Waals surface area contributed by atoms with E-state index < -0.39 is 0 Å². The zero-order chi connectivity index (χ0) is 8.97. The number of rotatable bonds is 3.